The zero-order valence-corrected chi connectivity index (χ0v) is 27.6. The van der Waals surface area contributed by atoms with Gasteiger partial charge in [-0.3, -0.25) is 14.4 Å². The van der Waals surface area contributed by atoms with E-state index in [9.17, 15) is 19.5 Å². The molecule has 3 N–H and O–H groups in total. The van der Waals surface area contributed by atoms with Crippen LogP contribution in [0.5, 0.6) is 5.75 Å². The number of aliphatic hydroxyl groups excluding tert-OH is 1. The summed E-state index contributed by atoms with van der Waals surface area (Å²) in [6, 6.07) is 15.6. The Morgan fingerprint density at radius 3 is 2.36 bits per heavy atom. The van der Waals surface area contributed by atoms with Gasteiger partial charge in [0.15, 0.2) is 0 Å². The average molecular weight is 622 g/mol. The Hall–Kier alpha value is -3.04. The summed E-state index contributed by atoms with van der Waals surface area (Å²) in [7, 11) is 0. The van der Waals surface area contributed by atoms with Gasteiger partial charge in [-0.2, -0.15) is 0 Å². The molecule has 0 radical (unpaired) electrons. The molecule has 3 aliphatic rings. The second kappa shape index (κ2) is 12.4. The van der Waals surface area contributed by atoms with E-state index in [2.05, 4.69) is 31.4 Å². The molecular weight excluding hydrogens is 574 g/mol. The van der Waals surface area contributed by atoms with Crippen LogP contribution in [-0.4, -0.2) is 68.6 Å². The molecule has 0 aliphatic carbocycles. The van der Waals surface area contributed by atoms with Crippen LogP contribution in [0.1, 0.15) is 66.4 Å². The standard InChI is InChI=1S/C35H47N3O5S/c1-7-43-25-15-13-23(14-16-25)36-30(40)27-26-17-18-35(44-26)28(27)32(42)38(24(20-39)19-22-11-9-8-10-12-22)29(35)31(41)37-34(5,6)21-33(2,3)4/h8-16,24,26-29,39H,7,17-21H2,1-6H3,(H,36,40)(H,37,41)/t24-,26-,27+,28+,29?,35?/m1/s1. The smallest absolute Gasteiger partial charge is 0.244 e. The average Bonchev–Trinajstić information content (AvgIpc) is 3.59. The van der Waals surface area contributed by atoms with Gasteiger partial charge in [-0.1, -0.05) is 51.1 Å². The number of hydrogen-bond acceptors (Lipinski definition) is 6. The number of thioether (sulfide) groups is 1. The van der Waals surface area contributed by atoms with Crippen LogP contribution in [0.2, 0.25) is 0 Å². The molecule has 238 valence electrons. The van der Waals surface area contributed by atoms with E-state index in [1.54, 1.807) is 28.8 Å². The largest absolute Gasteiger partial charge is 0.494 e. The van der Waals surface area contributed by atoms with Gasteiger partial charge in [0.25, 0.3) is 0 Å². The minimum Gasteiger partial charge on any atom is -0.494 e. The zero-order valence-electron chi connectivity index (χ0n) is 26.8. The predicted octanol–water partition coefficient (Wildman–Crippen LogP) is 5.05. The van der Waals surface area contributed by atoms with E-state index in [0.717, 1.165) is 24.2 Å². The number of carbonyl (C=O) groups is 3. The monoisotopic (exact) mass is 621 g/mol. The SMILES string of the molecule is CCOc1ccc(NC(=O)[C@@H]2[C@H]3C(=O)N([C@@H](CO)Cc4ccccc4)C(C(=O)NC(C)(C)CC(C)(C)C)C34CC[C@H]2S4)cc1. The van der Waals surface area contributed by atoms with E-state index >= 15 is 0 Å². The molecule has 3 saturated heterocycles. The topological polar surface area (TPSA) is 108 Å². The van der Waals surface area contributed by atoms with Crippen LogP contribution in [0.3, 0.4) is 0 Å². The molecule has 2 unspecified atom stereocenters. The lowest BCUT2D eigenvalue weighted by Gasteiger charge is -2.40. The first kappa shape index (κ1) is 32.4. The maximum atomic E-state index is 14.6. The molecule has 5 rings (SSSR count). The molecule has 3 fully saturated rings. The number of benzene rings is 2. The Bertz CT molecular complexity index is 1360. The van der Waals surface area contributed by atoms with Crippen molar-refractivity contribution in [2.24, 2.45) is 17.3 Å². The van der Waals surface area contributed by atoms with Gasteiger partial charge >= 0.3 is 0 Å². The molecule has 3 heterocycles. The summed E-state index contributed by atoms with van der Waals surface area (Å²) in [5, 5.41) is 17.0. The van der Waals surface area contributed by atoms with Crippen molar-refractivity contribution in [3.63, 3.8) is 0 Å². The molecule has 0 saturated carbocycles. The number of aliphatic hydroxyl groups is 1. The second-order valence-electron chi connectivity index (χ2n) is 14.4. The number of fused-ring (bicyclic) bond motifs is 1. The number of hydrogen-bond donors (Lipinski definition) is 3. The van der Waals surface area contributed by atoms with Crippen molar-refractivity contribution in [3.05, 3.63) is 60.2 Å². The fourth-order valence-electron chi connectivity index (χ4n) is 8.02. The maximum Gasteiger partial charge on any atom is 0.244 e. The van der Waals surface area contributed by atoms with Gasteiger partial charge in [-0.25, -0.2) is 0 Å². The Morgan fingerprint density at radius 1 is 1.07 bits per heavy atom. The van der Waals surface area contributed by atoms with Crippen LogP contribution in [-0.2, 0) is 20.8 Å². The van der Waals surface area contributed by atoms with Gasteiger partial charge in [0.1, 0.15) is 11.8 Å². The number of rotatable bonds is 11. The van der Waals surface area contributed by atoms with E-state index in [1.165, 1.54) is 0 Å². The molecule has 3 amide bonds. The summed E-state index contributed by atoms with van der Waals surface area (Å²) >= 11 is 1.64. The quantitative estimate of drug-likeness (QED) is 0.324. The lowest BCUT2D eigenvalue weighted by atomic mass is 9.70. The molecule has 6 atom stereocenters. The fourth-order valence-corrected chi connectivity index (χ4v) is 10.2. The van der Waals surface area contributed by atoms with E-state index < -0.39 is 34.2 Å². The molecule has 3 aliphatic heterocycles. The summed E-state index contributed by atoms with van der Waals surface area (Å²) < 4.78 is 4.79. The van der Waals surface area contributed by atoms with Crippen molar-refractivity contribution in [2.45, 2.75) is 94.8 Å². The van der Waals surface area contributed by atoms with E-state index in [1.807, 2.05) is 63.2 Å². The lowest BCUT2D eigenvalue weighted by Crippen LogP contribution is -2.60. The summed E-state index contributed by atoms with van der Waals surface area (Å²) in [6.45, 7) is 12.7. The normalized spacial score (nSPS) is 26.8. The van der Waals surface area contributed by atoms with Crippen LogP contribution in [0.15, 0.2) is 54.6 Å². The maximum absolute atomic E-state index is 14.6. The van der Waals surface area contributed by atoms with Crippen molar-refractivity contribution >= 4 is 35.2 Å². The highest BCUT2D eigenvalue weighted by atomic mass is 32.2. The summed E-state index contributed by atoms with van der Waals surface area (Å²) in [4.78, 5) is 44.6. The third-order valence-corrected chi connectivity index (χ3v) is 11.0. The highest BCUT2D eigenvalue weighted by molar-refractivity contribution is 8.02. The minimum absolute atomic E-state index is 0.0195. The Kier molecular flexibility index (Phi) is 9.11. The van der Waals surface area contributed by atoms with Crippen molar-refractivity contribution in [3.8, 4) is 5.75 Å². The molecule has 8 nitrogen and oxygen atoms in total. The van der Waals surface area contributed by atoms with Crippen LogP contribution < -0.4 is 15.4 Å². The molecule has 2 bridgehead atoms. The van der Waals surface area contributed by atoms with Gasteiger partial charge in [-0.05, 0) is 81.7 Å². The summed E-state index contributed by atoms with van der Waals surface area (Å²) in [5.74, 6) is -1.13. The predicted molar refractivity (Wildman–Crippen MR) is 175 cm³/mol. The van der Waals surface area contributed by atoms with Crippen molar-refractivity contribution in [1.29, 1.82) is 0 Å². The summed E-state index contributed by atoms with van der Waals surface area (Å²) in [5.41, 5.74) is 1.08. The van der Waals surface area contributed by atoms with Gasteiger partial charge in [0.2, 0.25) is 17.7 Å². The Morgan fingerprint density at radius 2 is 1.75 bits per heavy atom. The second-order valence-corrected chi connectivity index (χ2v) is 16.0. The van der Waals surface area contributed by atoms with Crippen LogP contribution in [0.4, 0.5) is 5.69 Å². The third kappa shape index (κ3) is 6.36. The highest BCUT2D eigenvalue weighted by Gasteiger charge is 2.74. The molecule has 44 heavy (non-hydrogen) atoms. The molecule has 2 aromatic carbocycles. The summed E-state index contributed by atoms with van der Waals surface area (Å²) in [6.07, 6.45) is 2.59. The lowest BCUT2D eigenvalue weighted by molar-refractivity contribution is -0.142. The molecule has 0 aromatic heterocycles. The number of likely N-dealkylation sites (tertiary alicyclic amines) is 1. The van der Waals surface area contributed by atoms with Crippen molar-refractivity contribution in [1.82, 2.24) is 10.2 Å². The number of amides is 3. The van der Waals surface area contributed by atoms with Gasteiger partial charge in [0.05, 0.1) is 35.8 Å². The number of anilines is 1. The first-order chi connectivity index (χ1) is 20.8. The first-order valence-electron chi connectivity index (χ1n) is 15.8. The van der Waals surface area contributed by atoms with Gasteiger partial charge < -0.3 is 25.4 Å². The molecular formula is C35H47N3O5S. The van der Waals surface area contributed by atoms with E-state index in [0.29, 0.717) is 25.1 Å². The zero-order chi connectivity index (χ0) is 31.9. The van der Waals surface area contributed by atoms with Crippen LogP contribution in [0, 0.1) is 17.3 Å². The number of ether oxygens (including phenoxy) is 1. The van der Waals surface area contributed by atoms with Gasteiger partial charge in [-0.15, -0.1) is 11.8 Å². The molecule has 9 heteroatoms. The number of carbonyl (C=O) groups excluding carboxylic acids is 3. The van der Waals surface area contributed by atoms with E-state index in [4.69, 9.17) is 4.74 Å². The third-order valence-electron chi connectivity index (χ3n) is 9.07. The van der Waals surface area contributed by atoms with Crippen molar-refractivity contribution in [2.75, 3.05) is 18.5 Å². The van der Waals surface area contributed by atoms with Crippen molar-refractivity contribution < 1.29 is 24.2 Å². The van der Waals surface area contributed by atoms with Crippen LogP contribution >= 0.6 is 11.8 Å². The molecule has 2 aromatic rings. The number of nitrogens with zero attached hydrogens (tertiary/aromatic N) is 1. The van der Waals surface area contributed by atoms with Crippen LogP contribution in [0.25, 0.3) is 0 Å². The fraction of sp³-hybridized carbons (Fsp3) is 0.571. The van der Waals surface area contributed by atoms with Gasteiger partial charge in [0, 0.05) is 16.5 Å². The first-order valence-corrected chi connectivity index (χ1v) is 16.7. The Balaban J connectivity index is 1.48. The number of nitrogens with one attached hydrogen (secondary N) is 2. The Labute approximate surface area is 265 Å². The minimum atomic E-state index is -0.793. The highest BCUT2D eigenvalue weighted by Crippen LogP contribution is 2.66. The molecule has 1 spiro atoms. The van der Waals surface area contributed by atoms with E-state index in [-0.39, 0.29) is 35.0 Å².